The van der Waals surface area contributed by atoms with Crippen molar-refractivity contribution in [3.05, 3.63) is 65.0 Å². The van der Waals surface area contributed by atoms with Crippen molar-refractivity contribution in [3.8, 4) is 0 Å². The lowest BCUT2D eigenvalue weighted by molar-refractivity contribution is -0.122. The van der Waals surface area contributed by atoms with Gasteiger partial charge in [-0.25, -0.2) is 4.39 Å². The summed E-state index contributed by atoms with van der Waals surface area (Å²) in [6.07, 6.45) is 0. The van der Waals surface area contributed by atoms with Crippen molar-refractivity contribution in [2.45, 2.75) is 23.9 Å². The number of amides is 1. The quantitative estimate of drug-likeness (QED) is 0.912. The van der Waals surface area contributed by atoms with Crippen LogP contribution in [0.2, 0.25) is 0 Å². The predicted octanol–water partition coefficient (Wildman–Crippen LogP) is 2.79. The number of halogens is 1. The number of benzene rings is 2. The molecule has 3 nitrogen and oxygen atoms in total. The first-order chi connectivity index (χ1) is 10.7. The summed E-state index contributed by atoms with van der Waals surface area (Å²) in [7, 11) is 0. The summed E-state index contributed by atoms with van der Waals surface area (Å²) in [5.41, 5.74) is 7.76. The molecular weight excluding hydrogens is 299 g/mol. The Hall–Kier alpha value is -1.85. The Balaban J connectivity index is 1.66. The zero-order chi connectivity index (χ0) is 15.5. The summed E-state index contributed by atoms with van der Waals surface area (Å²) in [6, 6.07) is 12.8. The fraction of sp³-hybridized carbons (Fsp3) is 0.235. The Bertz CT molecular complexity index is 705. The molecule has 0 saturated carbocycles. The van der Waals surface area contributed by atoms with E-state index in [1.165, 1.54) is 6.07 Å². The molecular formula is C17H17FN2OS. The average Bonchev–Trinajstić information content (AvgIpc) is 2.97. The molecule has 2 aromatic carbocycles. The molecule has 1 amide bonds. The molecule has 0 aromatic heterocycles. The van der Waals surface area contributed by atoms with E-state index in [0.29, 0.717) is 12.1 Å². The van der Waals surface area contributed by atoms with E-state index in [2.05, 4.69) is 5.32 Å². The second-order valence-electron chi connectivity index (χ2n) is 5.25. The molecule has 114 valence electrons. The first-order valence-corrected chi connectivity index (χ1v) is 8.14. The number of nitrogens with two attached hydrogens (primary N) is 1. The minimum Gasteiger partial charge on any atom is -0.351 e. The summed E-state index contributed by atoms with van der Waals surface area (Å²) in [5.74, 6) is 0.191. The highest BCUT2D eigenvalue weighted by atomic mass is 32.2. The van der Waals surface area contributed by atoms with Gasteiger partial charge in [-0.2, -0.15) is 0 Å². The summed E-state index contributed by atoms with van der Waals surface area (Å²) in [5, 5.41) is 2.84. The largest absolute Gasteiger partial charge is 0.351 e. The van der Waals surface area contributed by atoms with Gasteiger partial charge >= 0.3 is 0 Å². The first kappa shape index (κ1) is 15.1. The molecule has 0 spiro atoms. The lowest BCUT2D eigenvalue weighted by Crippen LogP contribution is -2.29. The van der Waals surface area contributed by atoms with Gasteiger partial charge in [0.05, 0.1) is 5.92 Å². The third-order valence-corrected chi connectivity index (χ3v) is 5.01. The van der Waals surface area contributed by atoms with E-state index < -0.39 is 0 Å². The van der Waals surface area contributed by atoms with Crippen molar-refractivity contribution < 1.29 is 9.18 Å². The highest BCUT2D eigenvalue weighted by molar-refractivity contribution is 7.99. The molecule has 3 rings (SSSR count). The minimum absolute atomic E-state index is 0.0558. The summed E-state index contributed by atoms with van der Waals surface area (Å²) >= 11 is 1.69. The average molecular weight is 316 g/mol. The Morgan fingerprint density at radius 1 is 1.32 bits per heavy atom. The molecule has 22 heavy (non-hydrogen) atoms. The molecule has 0 bridgehead atoms. The maximum atomic E-state index is 13.9. The molecule has 1 heterocycles. The van der Waals surface area contributed by atoms with Crippen molar-refractivity contribution in [3.63, 3.8) is 0 Å². The first-order valence-electron chi connectivity index (χ1n) is 7.16. The lowest BCUT2D eigenvalue weighted by atomic mass is 10.0. The van der Waals surface area contributed by atoms with Crippen LogP contribution in [0.5, 0.6) is 0 Å². The number of thioether (sulfide) groups is 1. The Kier molecular flexibility index (Phi) is 4.45. The van der Waals surface area contributed by atoms with Gasteiger partial charge in [0.2, 0.25) is 5.91 Å². The molecule has 1 aliphatic heterocycles. The Morgan fingerprint density at radius 2 is 2.14 bits per heavy atom. The maximum absolute atomic E-state index is 13.9. The molecule has 1 unspecified atom stereocenters. The van der Waals surface area contributed by atoms with Crippen LogP contribution in [0.3, 0.4) is 0 Å². The lowest BCUT2D eigenvalue weighted by Gasteiger charge is -2.12. The van der Waals surface area contributed by atoms with Gasteiger partial charge in [0, 0.05) is 29.3 Å². The van der Waals surface area contributed by atoms with Gasteiger partial charge in [-0.15, -0.1) is 11.8 Å². The van der Waals surface area contributed by atoms with Gasteiger partial charge in [0.25, 0.3) is 0 Å². The van der Waals surface area contributed by atoms with Crippen LogP contribution in [0.1, 0.15) is 22.6 Å². The third-order valence-electron chi connectivity index (χ3n) is 3.82. The maximum Gasteiger partial charge on any atom is 0.228 e. The molecule has 3 N–H and O–H groups in total. The van der Waals surface area contributed by atoms with Crippen LogP contribution < -0.4 is 11.1 Å². The van der Waals surface area contributed by atoms with Crippen LogP contribution in [0, 0.1) is 5.82 Å². The molecule has 0 fully saturated rings. The van der Waals surface area contributed by atoms with Crippen molar-refractivity contribution in [1.82, 2.24) is 5.32 Å². The number of hydrogen-bond donors (Lipinski definition) is 2. The van der Waals surface area contributed by atoms with Crippen molar-refractivity contribution in [1.29, 1.82) is 0 Å². The molecule has 1 aliphatic rings. The van der Waals surface area contributed by atoms with Crippen LogP contribution in [0.25, 0.3) is 0 Å². The molecule has 1 atom stereocenters. The normalized spacial score (nSPS) is 16.4. The van der Waals surface area contributed by atoms with E-state index in [9.17, 15) is 9.18 Å². The standard InChI is InChI=1S/C17H17FN2OS/c18-15-7-11(8-19)5-6-12(15)9-20-17(21)14-10-22-16-4-2-1-3-13(14)16/h1-7,14H,8-10,19H2,(H,20,21). The summed E-state index contributed by atoms with van der Waals surface area (Å²) in [4.78, 5) is 13.5. The van der Waals surface area contributed by atoms with E-state index in [1.54, 1.807) is 23.9 Å². The van der Waals surface area contributed by atoms with Crippen molar-refractivity contribution in [2.75, 3.05) is 5.75 Å². The molecule has 0 radical (unpaired) electrons. The number of carbonyl (C=O) groups is 1. The van der Waals surface area contributed by atoms with Crippen LogP contribution in [0.4, 0.5) is 4.39 Å². The van der Waals surface area contributed by atoms with Gasteiger partial charge < -0.3 is 11.1 Å². The topological polar surface area (TPSA) is 55.1 Å². The molecule has 0 aliphatic carbocycles. The van der Waals surface area contributed by atoms with Crippen LogP contribution in [-0.2, 0) is 17.9 Å². The SMILES string of the molecule is NCc1ccc(CNC(=O)C2CSc3ccccc32)c(F)c1. The fourth-order valence-electron chi connectivity index (χ4n) is 2.55. The van der Waals surface area contributed by atoms with Crippen molar-refractivity contribution >= 4 is 17.7 Å². The van der Waals surface area contributed by atoms with Gasteiger partial charge in [-0.1, -0.05) is 30.3 Å². The van der Waals surface area contributed by atoms with Crippen LogP contribution in [0.15, 0.2) is 47.4 Å². The highest BCUT2D eigenvalue weighted by Crippen LogP contribution is 2.39. The second kappa shape index (κ2) is 6.50. The number of rotatable bonds is 4. The number of fused-ring (bicyclic) bond motifs is 1. The predicted molar refractivity (Wildman–Crippen MR) is 86.0 cm³/mol. The van der Waals surface area contributed by atoms with E-state index in [-0.39, 0.29) is 24.2 Å². The highest BCUT2D eigenvalue weighted by Gasteiger charge is 2.28. The van der Waals surface area contributed by atoms with E-state index in [4.69, 9.17) is 5.73 Å². The third kappa shape index (κ3) is 3.00. The fourth-order valence-corrected chi connectivity index (χ4v) is 3.78. The minimum atomic E-state index is -0.329. The number of carbonyl (C=O) groups excluding carboxylic acids is 1. The van der Waals surface area contributed by atoms with Crippen molar-refractivity contribution in [2.24, 2.45) is 5.73 Å². The van der Waals surface area contributed by atoms with E-state index in [1.807, 2.05) is 24.3 Å². The Morgan fingerprint density at radius 3 is 2.91 bits per heavy atom. The zero-order valence-electron chi connectivity index (χ0n) is 12.0. The second-order valence-corrected chi connectivity index (χ2v) is 6.31. The summed E-state index contributed by atoms with van der Waals surface area (Å²) < 4.78 is 13.9. The zero-order valence-corrected chi connectivity index (χ0v) is 12.8. The van der Waals surface area contributed by atoms with Gasteiger partial charge in [0.1, 0.15) is 5.82 Å². The molecule has 2 aromatic rings. The Labute approximate surface area is 133 Å². The number of hydrogen-bond acceptors (Lipinski definition) is 3. The number of nitrogens with one attached hydrogen (secondary N) is 1. The van der Waals surface area contributed by atoms with Gasteiger partial charge in [-0.05, 0) is 23.3 Å². The van der Waals surface area contributed by atoms with Gasteiger partial charge in [0.15, 0.2) is 0 Å². The van der Waals surface area contributed by atoms with Gasteiger partial charge in [-0.3, -0.25) is 4.79 Å². The monoisotopic (exact) mass is 316 g/mol. The molecule has 5 heteroatoms. The van der Waals surface area contributed by atoms with Crippen LogP contribution in [-0.4, -0.2) is 11.7 Å². The summed E-state index contributed by atoms with van der Waals surface area (Å²) in [6.45, 7) is 0.499. The van der Waals surface area contributed by atoms with Crippen LogP contribution >= 0.6 is 11.8 Å². The molecule has 0 saturated heterocycles. The van der Waals surface area contributed by atoms with E-state index >= 15 is 0 Å². The smallest absolute Gasteiger partial charge is 0.228 e. The van der Waals surface area contributed by atoms with E-state index in [0.717, 1.165) is 21.8 Å².